The molecule has 55 heavy (non-hydrogen) atoms. The second-order valence-corrected chi connectivity index (χ2v) is 15.7. The van der Waals surface area contributed by atoms with E-state index in [0.717, 1.165) is 43.1 Å². The number of amides is 5. The Bertz CT molecular complexity index is 1760. The number of rotatable bonds is 17. The quantitative estimate of drug-likeness (QED) is 0.111. The molecule has 14 nitrogen and oxygen atoms in total. The third-order valence-electron chi connectivity index (χ3n) is 9.45. The van der Waals surface area contributed by atoms with Gasteiger partial charge in [-0.05, 0) is 69.6 Å². The minimum atomic E-state index is -1.37. The number of hydrogen-bond donors (Lipinski definition) is 6. The van der Waals surface area contributed by atoms with Gasteiger partial charge >= 0.3 is 6.09 Å². The molecule has 0 bridgehead atoms. The van der Waals surface area contributed by atoms with Gasteiger partial charge in [0.2, 0.25) is 11.8 Å². The number of para-hydroxylation sites is 1. The van der Waals surface area contributed by atoms with Gasteiger partial charge in [-0.1, -0.05) is 87.7 Å². The number of nitrogens with zero attached hydrogens (tertiary/aromatic N) is 2. The summed E-state index contributed by atoms with van der Waals surface area (Å²) in [4.78, 5) is 70.2. The summed E-state index contributed by atoms with van der Waals surface area (Å²) in [5.41, 5.74) is 9.16. The molecule has 0 aliphatic heterocycles. The van der Waals surface area contributed by atoms with E-state index in [4.69, 9.17) is 10.5 Å². The van der Waals surface area contributed by atoms with Gasteiger partial charge in [-0.15, -0.1) is 0 Å². The number of aliphatic hydroxyl groups excluding tert-OH is 1. The minimum Gasteiger partial charge on any atom is -0.444 e. The number of aromatic nitrogens is 1. The number of pyridine rings is 1. The maximum Gasteiger partial charge on any atom is 0.408 e. The maximum atomic E-state index is 13.9. The first-order valence-corrected chi connectivity index (χ1v) is 19.1. The van der Waals surface area contributed by atoms with E-state index < -0.39 is 66.0 Å². The van der Waals surface area contributed by atoms with Gasteiger partial charge in [0.15, 0.2) is 0 Å². The average molecular weight is 760 g/mol. The van der Waals surface area contributed by atoms with Crippen molar-refractivity contribution in [2.45, 2.75) is 109 Å². The molecule has 3 aromatic rings. The summed E-state index contributed by atoms with van der Waals surface area (Å²) >= 11 is 0. The number of hydrazine groups is 1. The van der Waals surface area contributed by atoms with Gasteiger partial charge in [0.05, 0.1) is 24.1 Å². The molecule has 0 radical (unpaired) electrons. The van der Waals surface area contributed by atoms with Gasteiger partial charge in [0, 0.05) is 18.5 Å². The number of primary amides is 1. The molecule has 1 aliphatic carbocycles. The number of carbonyl (C=O) groups is 5. The normalized spacial score (nSPS) is 15.8. The van der Waals surface area contributed by atoms with Crippen molar-refractivity contribution in [3.63, 3.8) is 0 Å². The number of hydrogen-bond acceptors (Lipinski definition) is 9. The first-order chi connectivity index (χ1) is 26.1. The highest BCUT2D eigenvalue weighted by Gasteiger charge is 2.33. The van der Waals surface area contributed by atoms with Crippen LogP contribution in [0.1, 0.15) is 89.2 Å². The van der Waals surface area contributed by atoms with Crippen molar-refractivity contribution in [3.05, 3.63) is 78.0 Å². The number of ether oxygens (including phenoxy) is 1. The molecule has 1 heterocycles. The van der Waals surface area contributed by atoms with Crippen LogP contribution in [0.2, 0.25) is 0 Å². The number of benzene rings is 2. The number of aliphatic hydroxyl groups is 1. The van der Waals surface area contributed by atoms with Gasteiger partial charge in [0.1, 0.15) is 23.4 Å². The fraction of sp³-hybridized carbons (Fsp3) is 0.512. The molecule has 0 unspecified atom stereocenters. The molecule has 14 heteroatoms. The smallest absolute Gasteiger partial charge is 0.408 e. The van der Waals surface area contributed by atoms with Crippen LogP contribution in [-0.4, -0.2) is 87.7 Å². The summed E-state index contributed by atoms with van der Waals surface area (Å²) in [5, 5.41) is 22.5. The van der Waals surface area contributed by atoms with E-state index in [0.29, 0.717) is 12.1 Å². The third kappa shape index (κ3) is 13.9. The molecule has 7 N–H and O–H groups in total. The van der Waals surface area contributed by atoms with E-state index in [2.05, 4.69) is 26.4 Å². The van der Waals surface area contributed by atoms with E-state index >= 15 is 0 Å². The third-order valence-corrected chi connectivity index (χ3v) is 9.45. The van der Waals surface area contributed by atoms with Crippen LogP contribution in [0.3, 0.4) is 0 Å². The van der Waals surface area contributed by atoms with E-state index in [1.165, 1.54) is 6.07 Å². The molecule has 1 aromatic heterocycles. The fourth-order valence-electron chi connectivity index (χ4n) is 6.66. The number of fused-ring (bicyclic) bond motifs is 1. The minimum absolute atomic E-state index is 0.0526. The summed E-state index contributed by atoms with van der Waals surface area (Å²) in [5.74, 6) is -2.72. The zero-order valence-corrected chi connectivity index (χ0v) is 32.5. The summed E-state index contributed by atoms with van der Waals surface area (Å²) in [6, 6.07) is 16.6. The van der Waals surface area contributed by atoms with Crippen LogP contribution < -0.4 is 27.1 Å². The van der Waals surface area contributed by atoms with Crippen molar-refractivity contribution in [2.24, 2.45) is 17.6 Å². The van der Waals surface area contributed by atoms with Crippen molar-refractivity contribution in [1.82, 2.24) is 31.4 Å². The monoisotopic (exact) mass is 759 g/mol. The number of alkyl carbamates (subject to hydrolysis) is 1. The molecule has 2 aromatic carbocycles. The Labute approximate surface area is 323 Å². The highest BCUT2D eigenvalue weighted by Crippen LogP contribution is 2.24. The highest BCUT2D eigenvalue weighted by molar-refractivity contribution is 5.99. The SMILES string of the molecule is CC(C)[C@H](NC(=O)OC(C)(C)C)C(=O)NN(CC1CCCCC1)C[C@H](O)[C@H](Cc1ccccc1)NC(=O)[C@H](CC(N)=O)NC(=O)c1ccc2ccccc2n1. The largest absolute Gasteiger partial charge is 0.444 e. The van der Waals surface area contributed by atoms with Gasteiger partial charge in [-0.25, -0.2) is 14.8 Å². The van der Waals surface area contributed by atoms with E-state index in [1.807, 2.05) is 56.3 Å². The Kier molecular flexibility index (Phi) is 15.5. The topological polar surface area (TPSA) is 205 Å². The van der Waals surface area contributed by atoms with Crippen LogP contribution in [0, 0.1) is 11.8 Å². The summed E-state index contributed by atoms with van der Waals surface area (Å²) in [6.45, 7) is 9.19. The molecule has 1 fully saturated rings. The number of nitrogens with one attached hydrogen (secondary N) is 4. The summed E-state index contributed by atoms with van der Waals surface area (Å²) < 4.78 is 5.41. The Morgan fingerprint density at radius 2 is 1.56 bits per heavy atom. The molecule has 0 saturated heterocycles. The molecule has 0 spiro atoms. The van der Waals surface area contributed by atoms with Gasteiger partial charge in [-0.2, -0.15) is 0 Å². The predicted molar refractivity (Wildman–Crippen MR) is 209 cm³/mol. The zero-order chi connectivity index (χ0) is 40.1. The Morgan fingerprint density at radius 1 is 0.891 bits per heavy atom. The lowest BCUT2D eigenvalue weighted by molar-refractivity contribution is -0.131. The summed E-state index contributed by atoms with van der Waals surface area (Å²) in [6.07, 6.45) is 2.88. The van der Waals surface area contributed by atoms with Crippen LogP contribution in [0.5, 0.6) is 0 Å². The molecule has 298 valence electrons. The zero-order valence-electron chi connectivity index (χ0n) is 32.5. The Hall–Kier alpha value is -5.08. The van der Waals surface area contributed by atoms with Crippen molar-refractivity contribution in [1.29, 1.82) is 0 Å². The standard InChI is InChI=1S/C41H57N7O7/c1-26(2)36(46-40(54)55-41(3,4)5)39(53)47-48(24-28-16-10-7-11-17-28)25-34(49)32(22-27-14-8-6-9-15-27)44-38(52)33(23-35(42)50)45-37(51)31-21-20-29-18-12-13-19-30(29)43-31/h6,8-9,12-15,18-21,26,28,32-34,36,49H,7,10-11,16-17,22-25H2,1-5H3,(H2,42,50)(H,44,52)(H,45,51)(H,46,54)(H,47,53)/t32-,33-,34-,36-/m0/s1. The molecule has 5 amide bonds. The summed E-state index contributed by atoms with van der Waals surface area (Å²) in [7, 11) is 0. The lowest BCUT2D eigenvalue weighted by Crippen LogP contribution is -2.59. The van der Waals surface area contributed by atoms with E-state index in [1.54, 1.807) is 44.0 Å². The van der Waals surface area contributed by atoms with Crippen LogP contribution in [0.4, 0.5) is 4.79 Å². The Balaban J connectivity index is 1.56. The lowest BCUT2D eigenvalue weighted by atomic mass is 9.89. The highest BCUT2D eigenvalue weighted by atomic mass is 16.6. The first-order valence-electron chi connectivity index (χ1n) is 19.1. The predicted octanol–water partition coefficient (Wildman–Crippen LogP) is 3.76. The van der Waals surface area contributed by atoms with Crippen molar-refractivity contribution >= 4 is 40.6 Å². The Morgan fingerprint density at radius 3 is 2.22 bits per heavy atom. The van der Waals surface area contributed by atoms with Crippen LogP contribution in [0.15, 0.2) is 66.7 Å². The maximum absolute atomic E-state index is 13.9. The fourth-order valence-corrected chi connectivity index (χ4v) is 6.66. The van der Waals surface area contributed by atoms with Gasteiger partial charge < -0.3 is 31.5 Å². The average Bonchev–Trinajstić information content (AvgIpc) is 3.12. The lowest BCUT2D eigenvalue weighted by Gasteiger charge is -2.35. The molecular formula is C41H57N7O7. The van der Waals surface area contributed by atoms with Crippen molar-refractivity contribution in [2.75, 3.05) is 13.1 Å². The number of carbonyl (C=O) groups excluding carboxylic acids is 5. The molecule has 1 aliphatic rings. The van der Waals surface area contributed by atoms with Crippen LogP contribution in [0.25, 0.3) is 10.9 Å². The first kappa shape index (κ1) is 42.7. The van der Waals surface area contributed by atoms with E-state index in [9.17, 15) is 29.1 Å². The van der Waals surface area contributed by atoms with Gasteiger partial charge in [-0.3, -0.25) is 24.6 Å². The molecule has 4 atom stereocenters. The second kappa shape index (κ2) is 20.0. The van der Waals surface area contributed by atoms with Crippen molar-refractivity contribution in [3.8, 4) is 0 Å². The van der Waals surface area contributed by atoms with Crippen molar-refractivity contribution < 1.29 is 33.8 Å². The van der Waals surface area contributed by atoms with Gasteiger partial charge in [0.25, 0.3) is 11.8 Å². The number of nitrogens with two attached hydrogens (primary N) is 1. The van der Waals surface area contributed by atoms with Crippen LogP contribution >= 0.6 is 0 Å². The second-order valence-electron chi connectivity index (χ2n) is 15.7. The molecule has 4 rings (SSSR count). The van der Waals surface area contributed by atoms with E-state index in [-0.39, 0.29) is 30.5 Å². The molecule has 1 saturated carbocycles. The van der Waals surface area contributed by atoms with Crippen LogP contribution in [-0.2, 0) is 25.5 Å². The molecular weight excluding hydrogens is 702 g/mol.